The summed E-state index contributed by atoms with van der Waals surface area (Å²) in [6.07, 6.45) is 1.76. The lowest BCUT2D eigenvalue weighted by molar-refractivity contribution is 0.254. The van der Waals surface area contributed by atoms with Crippen LogP contribution in [0.1, 0.15) is 20.8 Å². The van der Waals surface area contributed by atoms with E-state index in [9.17, 15) is 0 Å². The summed E-state index contributed by atoms with van der Waals surface area (Å²) in [5, 5.41) is 14.4. The molecule has 0 unspecified atom stereocenters. The lowest BCUT2D eigenvalue weighted by Gasteiger charge is -2.28. The predicted octanol–water partition coefficient (Wildman–Crippen LogP) is 1.78. The third-order valence-corrected chi connectivity index (χ3v) is 3.12. The molecule has 0 bridgehead atoms. The molecule has 2 rings (SSSR count). The van der Waals surface area contributed by atoms with Gasteiger partial charge in [0.1, 0.15) is 5.82 Å². The highest BCUT2D eigenvalue weighted by Crippen LogP contribution is 2.22. The van der Waals surface area contributed by atoms with Gasteiger partial charge in [0.05, 0.1) is 11.6 Å². The van der Waals surface area contributed by atoms with Gasteiger partial charge in [0.15, 0.2) is 5.65 Å². The number of aromatic amines is 1. The monoisotopic (exact) mass is 291 g/mol. The first kappa shape index (κ1) is 15.5. The van der Waals surface area contributed by atoms with Crippen LogP contribution in [0, 0.1) is 5.41 Å². The average molecular weight is 291 g/mol. The van der Waals surface area contributed by atoms with E-state index in [4.69, 9.17) is 0 Å². The zero-order valence-corrected chi connectivity index (χ0v) is 13.5. The maximum absolute atomic E-state index is 4.54. The van der Waals surface area contributed by atoms with Crippen LogP contribution < -0.4 is 10.6 Å². The summed E-state index contributed by atoms with van der Waals surface area (Å²) >= 11 is 0. The van der Waals surface area contributed by atoms with Gasteiger partial charge in [-0.2, -0.15) is 15.1 Å². The summed E-state index contributed by atoms with van der Waals surface area (Å²) in [6.45, 7) is 9.10. The van der Waals surface area contributed by atoms with Gasteiger partial charge < -0.3 is 15.5 Å². The molecule has 0 atom stereocenters. The Morgan fingerprint density at radius 2 is 2.00 bits per heavy atom. The van der Waals surface area contributed by atoms with E-state index in [1.54, 1.807) is 6.20 Å². The van der Waals surface area contributed by atoms with Crippen molar-refractivity contribution in [2.24, 2.45) is 5.41 Å². The van der Waals surface area contributed by atoms with Crippen LogP contribution in [0.25, 0.3) is 11.0 Å². The minimum atomic E-state index is 0.142. The zero-order chi connectivity index (χ0) is 15.5. The van der Waals surface area contributed by atoms with Crippen LogP contribution in [0.5, 0.6) is 0 Å². The summed E-state index contributed by atoms with van der Waals surface area (Å²) in [4.78, 5) is 11.1. The van der Waals surface area contributed by atoms with Crippen LogP contribution in [-0.4, -0.2) is 58.8 Å². The van der Waals surface area contributed by atoms with Crippen molar-refractivity contribution in [2.75, 3.05) is 44.4 Å². The molecule has 0 spiro atoms. The Hall–Kier alpha value is -1.89. The number of hydrogen-bond donors (Lipinski definition) is 3. The highest BCUT2D eigenvalue weighted by Gasteiger charge is 2.20. The van der Waals surface area contributed by atoms with Crippen molar-refractivity contribution in [1.82, 2.24) is 25.1 Å². The zero-order valence-electron chi connectivity index (χ0n) is 13.5. The van der Waals surface area contributed by atoms with Gasteiger partial charge in [-0.1, -0.05) is 13.8 Å². The number of aromatic nitrogens is 4. The van der Waals surface area contributed by atoms with E-state index < -0.39 is 0 Å². The molecule has 0 fully saturated rings. The predicted molar refractivity (Wildman–Crippen MR) is 86.7 cm³/mol. The largest absolute Gasteiger partial charge is 0.369 e. The van der Waals surface area contributed by atoms with E-state index in [0.717, 1.165) is 36.5 Å². The van der Waals surface area contributed by atoms with Crippen molar-refractivity contribution in [2.45, 2.75) is 20.8 Å². The number of hydrogen-bond acceptors (Lipinski definition) is 6. The first-order valence-corrected chi connectivity index (χ1v) is 7.25. The Morgan fingerprint density at radius 3 is 2.67 bits per heavy atom. The normalized spacial score (nSPS) is 12.1. The van der Waals surface area contributed by atoms with Crippen LogP contribution in [0.3, 0.4) is 0 Å². The van der Waals surface area contributed by atoms with E-state index in [2.05, 4.69) is 63.6 Å². The highest BCUT2D eigenvalue weighted by molar-refractivity contribution is 5.86. The molecule has 0 saturated carbocycles. The van der Waals surface area contributed by atoms with Gasteiger partial charge in [-0.05, 0) is 26.4 Å². The Kier molecular flexibility index (Phi) is 4.62. The van der Waals surface area contributed by atoms with Gasteiger partial charge in [-0.15, -0.1) is 0 Å². The topological polar surface area (TPSA) is 81.8 Å². The Balaban J connectivity index is 2.18. The third kappa shape index (κ3) is 4.04. The molecule has 0 aliphatic rings. The van der Waals surface area contributed by atoms with Crippen LogP contribution in [0.15, 0.2) is 6.20 Å². The fraction of sp³-hybridized carbons (Fsp3) is 0.643. The Morgan fingerprint density at radius 1 is 1.24 bits per heavy atom. The molecular formula is C14H25N7. The fourth-order valence-corrected chi connectivity index (χ4v) is 2.44. The van der Waals surface area contributed by atoms with Crippen molar-refractivity contribution in [3.05, 3.63) is 6.20 Å². The second-order valence-corrected chi connectivity index (χ2v) is 6.31. The van der Waals surface area contributed by atoms with Gasteiger partial charge in [0.25, 0.3) is 0 Å². The number of nitrogens with one attached hydrogen (secondary N) is 3. The molecule has 2 aromatic rings. The van der Waals surface area contributed by atoms with E-state index in [0.29, 0.717) is 5.95 Å². The fourth-order valence-electron chi connectivity index (χ4n) is 2.44. The van der Waals surface area contributed by atoms with Crippen LogP contribution in [-0.2, 0) is 0 Å². The standard InChI is InChI=1S/C14H25N7/c1-6-15-13-18-11(10-7-17-20-12(10)19-13)16-8-14(2,3)9-21(4)5/h7H,6,8-9H2,1-5H3,(H3,15,16,17,18,19,20). The van der Waals surface area contributed by atoms with Crippen molar-refractivity contribution >= 4 is 22.8 Å². The van der Waals surface area contributed by atoms with Crippen molar-refractivity contribution in [1.29, 1.82) is 0 Å². The second kappa shape index (κ2) is 6.26. The molecule has 7 nitrogen and oxygen atoms in total. The molecule has 21 heavy (non-hydrogen) atoms. The minimum absolute atomic E-state index is 0.142. The molecule has 0 aliphatic carbocycles. The molecule has 0 saturated heterocycles. The molecule has 0 amide bonds. The molecule has 0 aromatic carbocycles. The van der Waals surface area contributed by atoms with Crippen molar-refractivity contribution < 1.29 is 0 Å². The van der Waals surface area contributed by atoms with E-state index in [1.165, 1.54) is 0 Å². The first-order chi connectivity index (χ1) is 9.91. The molecular weight excluding hydrogens is 266 g/mol. The molecule has 7 heteroatoms. The molecule has 3 N–H and O–H groups in total. The maximum atomic E-state index is 4.54. The number of anilines is 2. The SMILES string of the molecule is CCNc1nc(NCC(C)(C)CN(C)C)c2cn[nH]c2n1. The van der Waals surface area contributed by atoms with Crippen molar-refractivity contribution in [3.8, 4) is 0 Å². The average Bonchev–Trinajstić information content (AvgIpc) is 2.83. The van der Waals surface area contributed by atoms with Crippen LogP contribution in [0.2, 0.25) is 0 Å². The van der Waals surface area contributed by atoms with Gasteiger partial charge in [0, 0.05) is 19.6 Å². The molecule has 0 aliphatic heterocycles. The first-order valence-electron chi connectivity index (χ1n) is 7.25. The maximum Gasteiger partial charge on any atom is 0.226 e. The Labute approximate surface area is 125 Å². The van der Waals surface area contributed by atoms with E-state index in [-0.39, 0.29) is 5.41 Å². The minimum Gasteiger partial charge on any atom is -0.369 e. The summed E-state index contributed by atoms with van der Waals surface area (Å²) in [6, 6.07) is 0. The van der Waals surface area contributed by atoms with Gasteiger partial charge in [0.2, 0.25) is 5.95 Å². The number of nitrogens with zero attached hydrogens (tertiary/aromatic N) is 4. The molecule has 116 valence electrons. The van der Waals surface area contributed by atoms with Gasteiger partial charge >= 0.3 is 0 Å². The second-order valence-electron chi connectivity index (χ2n) is 6.31. The lowest BCUT2D eigenvalue weighted by atomic mass is 9.93. The summed E-state index contributed by atoms with van der Waals surface area (Å²) in [5.74, 6) is 1.43. The third-order valence-electron chi connectivity index (χ3n) is 3.12. The molecule has 2 aromatic heterocycles. The lowest BCUT2D eigenvalue weighted by Crippen LogP contribution is -2.34. The molecule has 0 radical (unpaired) electrons. The summed E-state index contributed by atoms with van der Waals surface area (Å²) in [7, 11) is 4.17. The summed E-state index contributed by atoms with van der Waals surface area (Å²) in [5.41, 5.74) is 0.886. The summed E-state index contributed by atoms with van der Waals surface area (Å²) < 4.78 is 0. The van der Waals surface area contributed by atoms with Crippen LogP contribution in [0.4, 0.5) is 11.8 Å². The smallest absolute Gasteiger partial charge is 0.226 e. The number of H-pyrrole nitrogens is 1. The van der Waals surface area contributed by atoms with E-state index in [1.807, 2.05) is 6.92 Å². The molecule has 2 heterocycles. The van der Waals surface area contributed by atoms with Crippen molar-refractivity contribution in [3.63, 3.8) is 0 Å². The Bertz CT molecular complexity index is 588. The van der Waals surface area contributed by atoms with Gasteiger partial charge in [-0.25, -0.2) is 0 Å². The number of fused-ring (bicyclic) bond motifs is 1. The number of rotatable bonds is 7. The van der Waals surface area contributed by atoms with Crippen LogP contribution >= 0.6 is 0 Å². The van der Waals surface area contributed by atoms with Gasteiger partial charge in [-0.3, -0.25) is 5.10 Å². The quantitative estimate of drug-likeness (QED) is 0.721. The highest BCUT2D eigenvalue weighted by atomic mass is 15.2. The van der Waals surface area contributed by atoms with E-state index >= 15 is 0 Å².